The van der Waals surface area contributed by atoms with E-state index in [4.69, 9.17) is 4.74 Å². The molecule has 0 saturated carbocycles. The van der Waals surface area contributed by atoms with Crippen LogP contribution in [0.5, 0.6) is 16.6 Å². The van der Waals surface area contributed by atoms with Crippen LogP contribution in [0.2, 0.25) is 0 Å². The standard InChI is InChI=1S/C18H12O4S/c19-14-7-3-12(4-8-14)17(20)18(21)13-5-9-15(10-6-13)22-16-2-1-11-23-16/h1-11,19H. The molecule has 5 heteroatoms. The van der Waals surface area contributed by atoms with E-state index >= 15 is 0 Å². The van der Waals surface area contributed by atoms with E-state index in [1.165, 1.54) is 35.6 Å². The van der Waals surface area contributed by atoms with Crippen molar-refractivity contribution < 1.29 is 19.4 Å². The first-order valence-electron chi connectivity index (χ1n) is 6.83. The van der Waals surface area contributed by atoms with Gasteiger partial charge < -0.3 is 9.84 Å². The van der Waals surface area contributed by atoms with Crippen LogP contribution in [0.3, 0.4) is 0 Å². The number of rotatable bonds is 5. The Morgan fingerprint density at radius 3 is 1.91 bits per heavy atom. The van der Waals surface area contributed by atoms with E-state index < -0.39 is 11.6 Å². The molecule has 0 amide bonds. The molecule has 3 rings (SSSR count). The molecule has 1 aromatic heterocycles. The van der Waals surface area contributed by atoms with Gasteiger partial charge in [0, 0.05) is 11.1 Å². The molecule has 23 heavy (non-hydrogen) atoms. The Morgan fingerprint density at radius 1 is 0.826 bits per heavy atom. The van der Waals surface area contributed by atoms with Gasteiger partial charge in [0.25, 0.3) is 0 Å². The second kappa shape index (κ2) is 6.46. The van der Waals surface area contributed by atoms with Gasteiger partial charge in [0.05, 0.1) is 0 Å². The maximum Gasteiger partial charge on any atom is 0.233 e. The normalized spacial score (nSPS) is 10.3. The maximum absolute atomic E-state index is 12.2. The SMILES string of the molecule is O=C(C(=O)c1ccc(Oc2cccs2)cc1)c1ccc(O)cc1. The van der Waals surface area contributed by atoms with Crippen molar-refractivity contribution in [1.29, 1.82) is 0 Å². The van der Waals surface area contributed by atoms with Crippen LogP contribution in [-0.4, -0.2) is 16.7 Å². The van der Waals surface area contributed by atoms with Gasteiger partial charge >= 0.3 is 0 Å². The lowest BCUT2D eigenvalue weighted by atomic mass is 10.0. The molecule has 0 aliphatic heterocycles. The third kappa shape index (κ3) is 3.46. The number of Topliss-reactive ketones (excluding diaryl/α,β-unsaturated/α-hetero) is 2. The highest BCUT2D eigenvalue weighted by Gasteiger charge is 2.18. The molecule has 0 saturated heterocycles. The first kappa shape index (κ1) is 15.0. The fourth-order valence-corrected chi connectivity index (χ4v) is 2.58. The molecule has 0 bridgehead atoms. The lowest BCUT2D eigenvalue weighted by molar-refractivity contribution is 0.0817. The minimum absolute atomic E-state index is 0.0454. The van der Waals surface area contributed by atoms with Crippen molar-refractivity contribution in [3.63, 3.8) is 0 Å². The number of thiophene rings is 1. The summed E-state index contributed by atoms with van der Waals surface area (Å²) in [7, 11) is 0. The first-order valence-corrected chi connectivity index (χ1v) is 7.71. The highest BCUT2D eigenvalue weighted by atomic mass is 32.1. The molecule has 1 N–H and O–H groups in total. The van der Waals surface area contributed by atoms with E-state index in [0.29, 0.717) is 11.3 Å². The molecule has 0 spiro atoms. The molecule has 4 nitrogen and oxygen atoms in total. The molecule has 0 aliphatic carbocycles. The van der Waals surface area contributed by atoms with Gasteiger partial charge in [-0.1, -0.05) is 0 Å². The van der Waals surface area contributed by atoms with Gasteiger partial charge in [-0.2, -0.15) is 0 Å². The zero-order valence-corrected chi connectivity index (χ0v) is 12.7. The van der Waals surface area contributed by atoms with Crippen molar-refractivity contribution in [1.82, 2.24) is 0 Å². The molecule has 0 unspecified atom stereocenters. The van der Waals surface area contributed by atoms with Crippen LogP contribution in [0.15, 0.2) is 66.0 Å². The zero-order chi connectivity index (χ0) is 16.2. The van der Waals surface area contributed by atoms with Crippen LogP contribution in [0, 0.1) is 0 Å². The van der Waals surface area contributed by atoms with E-state index in [9.17, 15) is 14.7 Å². The third-order valence-corrected chi connectivity index (χ3v) is 3.91. The Kier molecular flexibility index (Phi) is 4.21. The van der Waals surface area contributed by atoms with Gasteiger partial charge in [-0.3, -0.25) is 9.59 Å². The minimum Gasteiger partial charge on any atom is -0.508 e. The van der Waals surface area contributed by atoms with Crippen LogP contribution in [0.25, 0.3) is 0 Å². The van der Waals surface area contributed by atoms with Crippen LogP contribution in [-0.2, 0) is 0 Å². The predicted octanol–water partition coefficient (Wildman–Crippen LogP) is 4.31. The highest BCUT2D eigenvalue weighted by molar-refractivity contribution is 7.11. The Bertz CT molecular complexity index is 818. The number of benzene rings is 2. The van der Waals surface area contributed by atoms with Gasteiger partial charge in [0.2, 0.25) is 11.6 Å². The van der Waals surface area contributed by atoms with Crippen molar-refractivity contribution in [2.75, 3.05) is 0 Å². The number of phenols is 1. The predicted molar refractivity (Wildman–Crippen MR) is 87.6 cm³/mol. The number of carbonyl (C=O) groups is 2. The van der Waals surface area contributed by atoms with Gasteiger partial charge in [0.1, 0.15) is 11.5 Å². The summed E-state index contributed by atoms with van der Waals surface area (Å²) in [5.41, 5.74) is 0.535. The van der Waals surface area contributed by atoms with Crippen molar-refractivity contribution >= 4 is 22.9 Å². The Morgan fingerprint density at radius 2 is 1.39 bits per heavy atom. The highest BCUT2D eigenvalue weighted by Crippen LogP contribution is 2.26. The molecule has 1 heterocycles. The number of carbonyl (C=O) groups excluding carboxylic acids is 2. The molecular weight excluding hydrogens is 312 g/mol. The van der Waals surface area contributed by atoms with Crippen LogP contribution in [0.1, 0.15) is 20.7 Å². The first-order chi connectivity index (χ1) is 11.1. The smallest absolute Gasteiger partial charge is 0.233 e. The van der Waals surface area contributed by atoms with Gasteiger partial charge in [0.15, 0.2) is 5.06 Å². The van der Waals surface area contributed by atoms with E-state index in [0.717, 1.165) is 5.06 Å². The molecule has 114 valence electrons. The molecule has 2 aromatic carbocycles. The summed E-state index contributed by atoms with van der Waals surface area (Å²) in [4.78, 5) is 24.3. The Hall–Kier alpha value is -2.92. The molecule has 0 fully saturated rings. The topological polar surface area (TPSA) is 63.6 Å². The average molecular weight is 324 g/mol. The van der Waals surface area contributed by atoms with Gasteiger partial charge in [-0.25, -0.2) is 0 Å². The summed E-state index contributed by atoms with van der Waals surface area (Å²) < 4.78 is 5.61. The summed E-state index contributed by atoms with van der Waals surface area (Å²) in [6.45, 7) is 0. The van der Waals surface area contributed by atoms with Crippen molar-refractivity contribution in [2.45, 2.75) is 0 Å². The van der Waals surface area contributed by atoms with Gasteiger partial charge in [-0.05, 0) is 66.0 Å². The van der Waals surface area contributed by atoms with Crippen LogP contribution in [0.4, 0.5) is 0 Å². The Labute approximate surface area is 136 Å². The third-order valence-electron chi connectivity index (χ3n) is 3.17. The fraction of sp³-hybridized carbons (Fsp3) is 0. The number of ether oxygens (including phenoxy) is 1. The van der Waals surface area contributed by atoms with Gasteiger partial charge in [-0.15, -0.1) is 11.3 Å². The minimum atomic E-state index is -0.614. The van der Waals surface area contributed by atoms with Crippen molar-refractivity contribution in [2.24, 2.45) is 0 Å². The lowest BCUT2D eigenvalue weighted by Crippen LogP contribution is -2.14. The number of aromatic hydroxyl groups is 1. The zero-order valence-electron chi connectivity index (χ0n) is 11.9. The van der Waals surface area contributed by atoms with Crippen molar-refractivity contribution in [3.05, 3.63) is 77.2 Å². The quantitative estimate of drug-likeness (QED) is 0.561. The van der Waals surface area contributed by atoms with E-state index in [2.05, 4.69) is 0 Å². The summed E-state index contributed by atoms with van der Waals surface area (Å²) in [5, 5.41) is 11.9. The molecule has 0 aliphatic rings. The Balaban J connectivity index is 1.74. The molecular formula is C18H12O4S. The molecule has 0 radical (unpaired) electrons. The second-order valence-electron chi connectivity index (χ2n) is 4.76. The summed E-state index contributed by atoms with van der Waals surface area (Å²) in [6, 6.07) is 15.7. The molecule has 0 atom stereocenters. The summed E-state index contributed by atoms with van der Waals surface area (Å²) >= 11 is 1.47. The van der Waals surface area contributed by atoms with E-state index in [-0.39, 0.29) is 11.3 Å². The van der Waals surface area contributed by atoms with Crippen LogP contribution < -0.4 is 4.74 Å². The average Bonchev–Trinajstić information content (AvgIpc) is 3.08. The van der Waals surface area contributed by atoms with E-state index in [1.54, 1.807) is 24.3 Å². The van der Waals surface area contributed by atoms with E-state index in [1.807, 2.05) is 17.5 Å². The largest absolute Gasteiger partial charge is 0.508 e. The number of hydrogen-bond donors (Lipinski definition) is 1. The number of ketones is 2. The van der Waals surface area contributed by atoms with Crippen molar-refractivity contribution in [3.8, 4) is 16.6 Å². The fourth-order valence-electron chi connectivity index (χ4n) is 1.99. The molecule has 3 aromatic rings. The summed E-state index contributed by atoms with van der Waals surface area (Å²) in [6.07, 6.45) is 0. The monoisotopic (exact) mass is 324 g/mol. The summed E-state index contributed by atoms with van der Waals surface area (Å²) in [5.74, 6) is -0.569. The van der Waals surface area contributed by atoms with Crippen LogP contribution >= 0.6 is 11.3 Å². The second-order valence-corrected chi connectivity index (χ2v) is 5.67. The maximum atomic E-state index is 12.2. The number of phenolic OH excluding ortho intramolecular Hbond substituents is 1. The number of hydrogen-bond acceptors (Lipinski definition) is 5. The lowest BCUT2D eigenvalue weighted by Gasteiger charge is -2.04.